The lowest BCUT2D eigenvalue weighted by molar-refractivity contribution is -0.115. The number of rotatable bonds is 7. The zero-order chi connectivity index (χ0) is 25.4. The van der Waals surface area contributed by atoms with Gasteiger partial charge in [-0.2, -0.15) is 9.78 Å². The summed E-state index contributed by atoms with van der Waals surface area (Å²) in [4.78, 5) is 17.5. The molecule has 4 aromatic rings. The van der Waals surface area contributed by atoms with Crippen LogP contribution in [-0.4, -0.2) is 42.0 Å². The van der Waals surface area contributed by atoms with Crippen molar-refractivity contribution >= 4 is 43.1 Å². The zero-order valence-electron chi connectivity index (χ0n) is 20.3. The fourth-order valence-electron chi connectivity index (χ4n) is 3.54. The first kappa shape index (κ1) is 24.9. The molecule has 4 rings (SSSR count). The van der Waals surface area contributed by atoms with E-state index < -0.39 is 15.7 Å². The fraction of sp³-hybridized carbons (Fsp3) is 0.320. The van der Waals surface area contributed by atoms with Crippen molar-refractivity contribution in [2.45, 2.75) is 44.4 Å². The largest absolute Gasteiger partial charge is 0.497 e. The first-order valence-corrected chi connectivity index (χ1v) is 13.6. The Kier molecular flexibility index (Phi) is 6.70. The topological polar surface area (TPSA) is 103 Å². The van der Waals surface area contributed by atoms with Crippen LogP contribution < -0.4 is 10.1 Å². The van der Waals surface area contributed by atoms with Gasteiger partial charge in [0.25, 0.3) is 0 Å². The number of carbonyl (C=O) groups excluding carboxylic acids is 1. The van der Waals surface area contributed by atoms with Crippen molar-refractivity contribution in [3.63, 3.8) is 0 Å². The third-order valence-corrected chi connectivity index (χ3v) is 8.27. The van der Waals surface area contributed by atoms with E-state index in [1.807, 2.05) is 13.0 Å². The first-order valence-electron chi connectivity index (χ1n) is 11.1. The van der Waals surface area contributed by atoms with Crippen LogP contribution in [0.25, 0.3) is 15.3 Å². The highest BCUT2D eigenvalue weighted by Gasteiger charge is 2.20. The zero-order valence-corrected chi connectivity index (χ0v) is 22.0. The highest BCUT2D eigenvalue weighted by Crippen LogP contribution is 2.31. The molecule has 0 radical (unpaired) electrons. The van der Waals surface area contributed by atoms with Gasteiger partial charge < -0.3 is 10.1 Å². The number of methoxy groups -OCH3 is 1. The van der Waals surface area contributed by atoms with Crippen LogP contribution in [0.2, 0.25) is 0 Å². The number of anilines is 1. The molecule has 8 nitrogen and oxygen atoms in total. The van der Waals surface area contributed by atoms with E-state index in [0.29, 0.717) is 22.4 Å². The van der Waals surface area contributed by atoms with Crippen molar-refractivity contribution in [3.8, 4) is 10.9 Å². The van der Waals surface area contributed by atoms with Gasteiger partial charge in [-0.3, -0.25) is 4.79 Å². The molecule has 2 aromatic carbocycles. The van der Waals surface area contributed by atoms with Crippen LogP contribution in [-0.2, 0) is 20.0 Å². The molecule has 0 aliphatic carbocycles. The summed E-state index contributed by atoms with van der Waals surface area (Å²) in [7, 11) is -2.10. The maximum absolute atomic E-state index is 12.7. The molecule has 184 valence electrons. The summed E-state index contributed by atoms with van der Waals surface area (Å²) in [5.41, 5.74) is 2.80. The molecule has 35 heavy (non-hydrogen) atoms. The van der Waals surface area contributed by atoms with Gasteiger partial charge in [-0.1, -0.05) is 38.2 Å². The maximum Gasteiger partial charge on any atom is 0.226 e. The van der Waals surface area contributed by atoms with Crippen LogP contribution in [0.15, 0.2) is 53.4 Å². The Morgan fingerprint density at radius 3 is 2.49 bits per heavy atom. The Morgan fingerprint density at radius 1 is 1.11 bits per heavy atom. The molecule has 0 atom stereocenters. The number of carbonyl (C=O) groups is 1. The number of fused-ring (bicyclic) bond motifs is 1. The molecule has 2 aromatic heterocycles. The normalized spacial score (nSPS) is 12.1. The highest BCUT2D eigenvalue weighted by atomic mass is 32.2. The second-order valence-corrected chi connectivity index (χ2v) is 12.4. The predicted octanol–water partition coefficient (Wildman–Crippen LogP) is 4.90. The number of aryl methyl sites for hydroxylation is 1. The Balaban J connectivity index is 1.51. The van der Waals surface area contributed by atoms with Gasteiger partial charge in [0.1, 0.15) is 11.6 Å². The van der Waals surface area contributed by atoms with Crippen molar-refractivity contribution in [1.29, 1.82) is 0 Å². The summed E-state index contributed by atoms with van der Waals surface area (Å²) in [6.45, 7) is 8.31. The molecule has 0 spiro atoms. The third kappa shape index (κ3) is 5.54. The van der Waals surface area contributed by atoms with E-state index in [-0.39, 0.29) is 22.5 Å². The molecular formula is C25H28N4O4S2. The maximum atomic E-state index is 12.7. The lowest BCUT2D eigenvalue weighted by Gasteiger charge is -2.18. The molecule has 0 aliphatic heterocycles. The molecule has 2 heterocycles. The quantitative estimate of drug-likeness (QED) is 0.378. The molecule has 0 bridgehead atoms. The lowest BCUT2D eigenvalue weighted by atomic mass is 9.87. The number of nitrogens with one attached hydrogen (secondary N) is 1. The Labute approximate surface area is 208 Å². The van der Waals surface area contributed by atoms with E-state index in [2.05, 4.69) is 48.3 Å². The monoisotopic (exact) mass is 512 g/mol. The number of benzene rings is 2. The molecule has 1 amide bonds. The minimum Gasteiger partial charge on any atom is -0.497 e. The number of ether oxygens (including phenoxy) is 1. The Hall–Kier alpha value is -3.24. The molecule has 0 unspecified atom stereocenters. The highest BCUT2D eigenvalue weighted by molar-refractivity contribution is 7.91. The summed E-state index contributed by atoms with van der Waals surface area (Å²) in [6.07, 6.45) is -0.187. The number of hydrogen-bond donors (Lipinski definition) is 1. The van der Waals surface area contributed by atoms with Crippen LogP contribution in [0.4, 0.5) is 5.82 Å². The molecule has 0 saturated heterocycles. The number of thiazole rings is 1. The average molecular weight is 513 g/mol. The van der Waals surface area contributed by atoms with E-state index in [1.54, 1.807) is 22.9 Å². The van der Waals surface area contributed by atoms with Crippen LogP contribution >= 0.6 is 11.3 Å². The standard InChI is InChI=1S/C25H28N4O4S2/c1-16-14-22(27-23(30)12-13-35(31,32)19-9-7-18(33-5)8-10-19)29(28-16)24-26-20-11-6-17(25(2,3)4)15-21(20)34-24/h6-11,14-15H,12-13H2,1-5H3,(H,27,30). The summed E-state index contributed by atoms with van der Waals surface area (Å²) in [5, 5.41) is 7.91. The van der Waals surface area contributed by atoms with Gasteiger partial charge in [0.15, 0.2) is 9.84 Å². The second-order valence-electron chi connectivity index (χ2n) is 9.30. The van der Waals surface area contributed by atoms with Crippen LogP contribution in [0.3, 0.4) is 0 Å². The van der Waals surface area contributed by atoms with Gasteiger partial charge in [-0.15, -0.1) is 0 Å². The summed E-state index contributed by atoms with van der Waals surface area (Å²) in [5.74, 6) is 0.285. The van der Waals surface area contributed by atoms with Crippen molar-refractivity contribution < 1.29 is 17.9 Å². The SMILES string of the molecule is COc1ccc(S(=O)(=O)CCC(=O)Nc2cc(C)nn2-c2nc3ccc(C(C)(C)C)cc3s2)cc1. The van der Waals surface area contributed by atoms with Crippen molar-refractivity contribution in [2.24, 2.45) is 0 Å². The fourth-order valence-corrected chi connectivity index (χ4v) is 5.75. The van der Waals surface area contributed by atoms with Crippen molar-refractivity contribution in [3.05, 3.63) is 59.8 Å². The Bertz CT molecular complexity index is 1480. The third-order valence-electron chi connectivity index (χ3n) is 5.54. The molecule has 0 aliphatic rings. The van der Waals surface area contributed by atoms with Crippen LogP contribution in [0, 0.1) is 6.92 Å². The van der Waals surface area contributed by atoms with Gasteiger partial charge in [0, 0.05) is 12.5 Å². The summed E-state index contributed by atoms with van der Waals surface area (Å²) >= 11 is 1.49. The van der Waals surface area contributed by atoms with E-state index >= 15 is 0 Å². The molecule has 1 N–H and O–H groups in total. The summed E-state index contributed by atoms with van der Waals surface area (Å²) in [6, 6.07) is 14.1. The van der Waals surface area contributed by atoms with E-state index in [9.17, 15) is 13.2 Å². The van der Waals surface area contributed by atoms with E-state index in [4.69, 9.17) is 4.74 Å². The number of sulfone groups is 1. The van der Waals surface area contributed by atoms with Gasteiger partial charge in [0.05, 0.1) is 33.7 Å². The minimum atomic E-state index is -3.61. The molecule has 0 fully saturated rings. The first-order chi connectivity index (χ1) is 16.5. The van der Waals surface area contributed by atoms with Gasteiger partial charge in [-0.25, -0.2) is 13.4 Å². The van der Waals surface area contributed by atoms with Gasteiger partial charge in [0.2, 0.25) is 11.0 Å². The van der Waals surface area contributed by atoms with Crippen LogP contribution in [0.5, 0.6) is 5.75 Å². The average Bonchev–Trinajstić information content (AvgIpc) is 3.39. The van der Waals surface area contributed by atoms with Crippen molar-refractivity contribution in [1.82, 2.24) is 14.8 Å². The minimum absolute atomic E-state index is 0.0198. The molecule has 10 heteroatoms. The van der Waals surface area contributed by atoms with Crippen molar-refractivity contribution in [2.75, 3.05) is 18.2 Å². The Morgan fingerprint density at radius 2 is 1.83 bits per heavy atom. The van der Waals surface area contributed by atoms with E-state index in [0.717, 1.165) is 10.2 Å². The van der Waals surface area contributed by atoms with E-state index in [1.165, 1.54) is 36.1 Å². The number of hydrogen-bond acceptors (Lipinski definition) is 7. The summed E-state index contributed by atoms with van der Waals surface area (Å²) < 4.78 is 32.9. The van der Waals surface area contributed by atoms with Crippen LogP contribution in [0.1, 0.15) is 38.4 Å². The number of amides is 1. The predicted molar refractivity (Wildman–Crippen MR) is 138 cm³/mol. The van der Waals surface area contributed by atoms with Gasteiger partial charge in [-0.05, 0) is 54.3 Å². The lowest BCUT2D eigenvalue weighted by Crippen LogP contribution is -2.19. The number of aromatic nitrogens is 3. The van der Waals surface area contributed by atoms with Gasteiger partial charge >= 0.3 is 0 Å². The number of nitrogens with zero attached hydrogens (tertiary/aromatic N) is 3. The smallest absolute Gasteiger partial charge is 0.226 e. The second kappa shape index (κ2) is 9.43. The molecular weight excluding hydrogens is 484 g/mol. The molecule has 0 saturated carbocycles.